The van der Waals surface area contributed by atoms with E-state index in [-0.39, 0.29) is 16.8 Å². The highest BCUT2D eigenvalue weighted by molar-refractivity contribution is 7.99. The Kier molecular flexibility index (Phi) is 5.60. The molecule has 7 heteroatoms. The van der Waals surface area contributed by atoms with Crippen molar-refractivity contribution in [2.75, 3.05) is 18.8 Å². The fourth-order valence-corrected chi connectivity index (χ4v) is 4.47. The molecule has 5 nitrogen and oxygen atoms in total. The third kappa shape index (κ3) is 4.14. The minimum atomic E-state index is -0.467. The van der Waals surface area contributed by atoms with E-state index in [1.54, 1.807) is 11.8 Å². The molecular weight excluding hydrogens is 360 g/mol. The van der Waals surface area contributed by atoms with E-state index >= 15 is 0 Å². The number of carbonyl (C=O) groups is 1. The number of non-ortho nitro benzene ring substituents is 1. The van der Waals surface area contributed by atoms with Crippen molar-refractivity contribution in [3.63, 3.8) is 0 Å². The Morgan fingerprint density at radius 3 is 2.56 bits per heavy atom. The Labute approximate surface area is 155 Å². The molecule has 1 amide bonds. The Morgan fingerprint density at radius 1 is 1.16 bits per heavy atom. The summed E-state index contributed by atoms with van der Waals surface area (Å²) in [6.45, 7) is 1.29. The van der Waals surface area contributed by atoms with Gasteiger partial charge in [0.05, 0.1) is 4.92 Å². The van der Waals surface area contributed by atoms with E-state index in [2.05, 4.69) is 0 Å². The fraction of sp³-hybridized carbons (Fsp3) is 0.278. The molecule has 1 heterocycles. The Hall–Kier alpha value is -2.05. The number of benzene rings is 2. The minimum absolute atomic E-state index is 0.0123. The first kappa shape index (κ1) is 17.8. The molecule has 3 rings (SSSR count). The predicted octanol–water partition coefficient (Wildman–Crippen LogP) is 4.57. The number of halogens is 1. The number of amides is 1. The third-order valence-corrected chi connectivity index (χ3v) is 5.86. The van der Waals surface area contributed by atoms with Crippen LogP contribution in [0, 0.1) is 10.1 Å². The first-order valence-corrected chi connectivity index (χ1v) is 9.38. The molecule has 0 N–H and O–H groups in total. The topological polar surface area (TPSA) is 63.4 Å². The van der Waals surface area contributed by atoms with E-state index in [4.69, 9.17) is 11.6 Å². The second-order valence-electron chi connectivity index (χ2n) is 5.77. The average Bonchev–Trinajstić information content (AvgIpc) is 2.87. The summed E-state index contributed by atoms with van der Waals surface area (Å²) in [6, 6.07) is 13.6. The molecule has 2 aromatic rings. The molecule has 1 fully saturated rings. The van der Waals surface area contributed by atoms with Crippen LogP contribution in [0.5, 0.6) is 0 Å². The standard InChI is InChI=1S/C18H17ClN2O3S/c19-16-4-2-1-3-15(16)17-9-10-20(11-12-25-17)18(22)13-5-7-14(8-6-13)21(23)24/h1-8,17H,9-12H2. The van der Waals surface area contributed by atoms with Crippen LogP contribution in [0.1, 0.15) is 27.6 Å². The summed E-state index contributed by atoms with van der Waals surface area (Å²) < 4.78 is 0. The number of rotatable bonds is 3. The van der Waals surface area contributed by atoms with E-state index < -0.39 is 4.92 Å². The molecule has 130 valence electrons. The van der Waals surface area contributed by atoms with Gasteiger partial charge in [-0.1, -0.05) is 29.8 Å². The minimum Gasteiger partial charge on any atom is -0.338 e. The summed E-state index contributed by atoms with van der Waals surface area (Å²) in [4.78, 5) is 24.7. The van der Waals surface area contributed by atoms with Gasteiger partial charge in [-0.25, -0.2) is 0 Å². The van der Waals surface area contributed by atoms with E-state index in [1.807, 2.05) is 29.2 Å². The van der Waals surface area contributed by atoms with Crippen LogP contribution >= 0.6 is 23.4 Å². The van der Waals surface area contributed by atoms with Gasteiger partial charge in [0.1, 0.15) is 0 Å². The maximum Gasteiger partial charge on any atom is 0.269 e. The van der Waals surface area contributed by atoms with E-state index in [0.29, 0.717) is 18.7 Å². The van der Waals surface area contributed by atoms with Crippen molar-refractivity contribution in [3.8, 4) is 0 Å². The zero-order valence-electron chi connectivity index (χ0n) is 13.4. The van der Waals surface area contributed by atoms with E-state index in [9.17, 15) is 14.9 Å². The maximum atomic E-state index is 12.7. The molecule has 0 radical (unpaired) electrons. The normalized spacial score (nSPS) is 17.8. The number of hydrogen-bond acceptors (Lipinski definition) is 4. The van der Waals surface area contributed by atoms with Crippen LogP contribution in [0.3, 0.4) is 0 Å². The maximum absolute atomic E-state index is 12.7. The number of nitro benzene ring substituents is 1. The first-order valence-electron chi connectivity index (χ1n) is 7.96. The third-order valence-electron chi connectivity index (χ3n) is 4.21. The molecular formula is C18H17ClN2O3S. The van der Waals surface area contributed by atoms with Crippen LogP contribution in [0.4, 0.5) is 5.69 Å². The lowest BCUT2D eigenvalue weighted by Gasteiger charge is -2.20. The summed E-state index contributed by atoms with van der Waals surface area (Å²) in [6.07, 6.45) is 0.827. The van der Waals surface area contributed by atoms with Crippen LogP contribution in [0.2, 0.25) is 5.02 Å². The second kappa shape index (κ2) is 7.89. The van der Waals surface area contributed by atoms with Crippen LogP contribution < -0.4 is 0 Å². The molecule has 1 aliphatic rings. The van der Waals surface area contributed by atoms with Crippen molar-refractivity contribution in [2.45, 2.75) is 11.7 Å². The summed E-state index contributed by atoms with van der Waals surface area (Å²) in [7, 11) is 0. The SMILES string of the molecule is O=C(c1ccc([N+](=O)[O-])cc1)N1CCSC(c2ccccc2Cl)CC1. The number of nitro groups is 1. The van der Waals surface area contributed by atoms with Crippen molar-refractivity contribution in [2.24, 2.45) is 0 Å². The first-order chi connectivity index (χ1) is 12.1. The summed E-state index contributed by atoms with van der Waals surface area (Å²) in [5.41, 5.74) is 1.58. The van der Waals surface area contributed by atoms with Gasteiger partial charge in [0.2, 0.25) is 0 Å². The van der Waals surface area contributed by atoms with Gasteiger partial charge in [-0.2, -0.15) is 11.8 Å². The Bertz CT molecular complexity index is 782. The second-order valence-corrected chi connectivity index (χ2v) is 7.48. The van der Waals surface area contributed by atoms with Crippen LogP contribution in [0.25, 0.3) is 0 Å². The van der Waals surface area contributed by atoms with Crippen LogP contribution in [-0.2, 0) is 0 Å². The highest BCUT2D eigenvalue weighted by Gasteiger charge is 2.24. The van der Waals surface area contributed by atoms with Gasteiger partial charge in [-0.05, 0) is 30.2 Å². The van der Waals surface area contributed by atoms with Crippen LogP contribution in [-0.4, -0.2) is 34.6 Å². The van der Waals surface area contributed by atoms with Crippen molar-refractivity contribution in [1.82, 2.24) is 4.90 Å². The number of carbonyl (C=O) groups excluding carboxylic acids is 1. The Balaban J connectivity index is 1.69. The highest BCUT2D eigenvalue weighted by atomic mass is 35.5. The van der Waals surface area contributed by atoms with Crippen molar-refractivity contribution in [3.05, 3.63) is 74.8 Å². The summed E-state index contributed by atoms with van der Waals surface area (Å²) in [5.74, 6) is 0.740. The molecule has 0 aromatic heterocycles. The zero-order chi connectivity index (χ0) is 17.8. The largest absolute Gasteiger partial charge is 0.338 e. The summed E-state index contributed by atoms with van der Waals surface area (Å²) in [5, 5.41) is 11.8. The average molecular weight is 377 g/mol. The molecule has 0 aliphatic carbocycles. The zero-order valence-corrected chi connectivity index (χ0v) is 15.0. The molecule has 25 heavy (non-hydrogen) atoms. The van der Waals surface area contributed by atoms with Crippen molar-refractivity contribution >= 4 is 35.0 Å². The van der Waals surface area contributed by atoms with Crippen molar-refractivity contribution < 1.29 is 9.72 Å². The highest BCUT2D eigenvalue weighted by Crippen LogP contribution is 2.38. The summed E-state index contributed by atoms with van der Waals surface area (Å²) >= 11 is 8.10. The van der Waals surface area contributed by atoms with E-state index in [1.165, 1.54) is 24.3 Å². The lowest BCUT2D eigenvalue weighted by molar-refractivity contribution is -0.384. The lowest BCUT2D eigenvalue weighted by Crippen LogP contribution is -2.32. The van der Waals surface area contributed by atoms with Gasteiger partial charge in [-0.15, -0.1) is 0 Å². The lowest BCUT2D eigenvalue weighted by atomic mass is 10.1. The van der Waals surface area contributed by atoms with Crippen LogP contribution in [0.15, 0.2) is 48.5 Å². The van der Waals surface area contributed by atoms with Gasteiger partial charge in [-0.3, -0.25) is 14.9 Å². The fourth-order valence-electron chi connectivity index (χ4n) is 2.87. The molecule has 1 saturated heterocycles. The molecule has 1 aliphatic heterocycles. The van der Waals surface area contributed by atoms with Gasteiger partial charge in [0.15, 0.2) is 0 Å². The molecule has 0 bridgehead atoms. The smallest absolute Gasteiger partial charge is 0.269 e. The van der Waals surface area contributed by atoms with Gasteiger partial charge < -0.3 is 4.90 Å². The molecule has 1 unspecified atom stereocenters. The molecule has 2 aromatic carbocycles. The predicted molar refractivity (Wildman–Crippen MR) is 100 cm³/mol. The quantitative estimate of drug-likeness (QED) is 0.581. The van der Waals surface area contributed by atoms with Gasteiger partial charge in [0, 0.05) is 46.8 Å². The number of thioether (sulfide) groups is 1. The number of nitrogens with zero attached hydrogens (tertiary/aromatic N) is 2. The number of hydrogen-bond donors (Lipinski definition) is 0. The van der Waals surface area contributed by atoms with Crippen molar-refractivity contribution in [1.29, 1.82) is 0 Å². The Morgan fingerprint density at radius 2 is 1.88 bits per heavy atom. The van der Waals surface area contributed by atoms with Gasteiger partial charge in [0.25, 0.3) is 11.6 Å². The monoisotopic (exact) mass is 376 g/mol. The van der Waals surface area contributed by atoms with Gasteiger partial charge >= 0.3 is 0 Å². The molecule has 0 saturated carbocycles. The van der Waals surface area contributed by atoms with E-state index in [0.717, 1.165) is 22.8 Å². The molecule has 1 atom stereocenters. The molecule has 0 spiro atoms.